The van der Waals surface area contributed by atoms with Gasteiger partial charge in [0.25, 0.3) is 0 Å². The molecule has 0 aromatic rings. The predicted octanol–water partition coefficient (Wildman–Crippen LogP) is 0.652. The van der Waals surface area contributed by atoms with E-state index in [0.29, 0.717) is 19.4 Å². The second kappa shape index (κ2) is 4.56. The van der Waals surface area contributed by atoms with Crippen molar-refractivity contribution in [3.05, 3.63) is 24.1 Å². The van der Waals surface area contributed by atoms with Crippen LogP contribution in [0.4, 0.5) is 0 Å². The maximum Gasteiger partial charge on any atom is 0.246 e. The second-order valence-corrected chi connectivity index (χ2v) is 3.22. The van der Waals surface area contributed by atoms with Crippen LogP contribution in [0.15, 0.2) is 12.7 Å². The summed E-state index contributed by atoms with van der Waals surface area (Å²) in [5, 5.41) is 0. The van der Waals surface area contributed by atoms with Crippen molar-refractivity contribution in [2.75, 3.05) is 13.1 Å². The summed E-state index contributed by atoms with van der Waals surface area (Å²) in [6.45, 7) is 10.8. The van der Waals surface area contributed by atoms with Crippen LogP contribution < -0.4 is 0 Å². The minimum absolute atomic E-state index is 0.131. The summed E-state index contributed by atoms with van der Waals surface area (Å²) in [5.41, 5.74) is 0. The lowest BCUT2D eigenvalue weighted by Crippen LogP contribution is -2.47. The Hall–Kier alpha value is -1.63. The Balaban J connectivity index is 2.72. The normalized spacial score (nSPS) is 21.5. The maximum absolute atomic E-state index is 11.4. The Morgan fingerprint density at radius 1 is 1.79 bits per heavy atom. The molecule has 0 saturated carbocycles. The van der Waals surface area contributed by atoms with Gasteiger partial charge in [0, 0.05) is 19.4 Å². The van der Waals surface area contributed by atoms with Gasteiger partial charge in [-0.3, -0.25) is 9.59 Å². The van der Waals surface area contributed by atoms with E-state index >= 15 is 0 Å². The van der Waals surface area contributed by atoms with Crippen molar-refractivity contribution in [3.63, 3.8) is 0 Å². The van der Waals surface area contributed by atoms with Gasteiger partial charge in [0.15, 0.2) is 0 Å². The molecule has 1 heterocycles. The van der Waals surface area contributed by atoms with Crippen LogP contribution in [-0.4, -0.2) is 35.7 Å². The van der Waals surface area contributed by atoms with Gasteiger partial charge in [-0.2, -0.15) is 0 Å². The molecular formula is C10H12N2O2. The van der Waals surface area contributed by atoms with E-state index in [1.165, 1.54) is 6.08 Å². The van der Waals surface area contributed by atoms with E-state index in [9.17, 15) is 9.59 Å². The number of ketones is 1. The van der Waals surface area contributed by atoms with E-state index in [1.54, 1.807) is 4.90 Å². The number of likely N-dealkylation sites (tertiary alicyclic amines) is 1. The summed E-state index contributed by atoms with van der Waals surface area (Å²) in [6.07, 6.45) is 1.93. The first-order valence-electron chi connectivity index (χ1n) is 4.47. The number of hydrogen-bond acceptors (Lipinski definition) is 2. The van der Waals surface area contributed by atoms with E-state index in [1.807, 2.05) is 0 Å². The fourth-order valence-electron chi connectivity index (χ4n) is 1.58. The van der Waals surface area contributed by atoms with Crippen molar-refractivity contribution in [1.29, 1.82) is 0 Å². The van der Waals surface area contributed by atoms with Gasteiger partial charge in [-0.15, -0.1) is 0 Å². The Morgan fingerprint density at radius 2 is 2.50 bits per heavy atom. The van der Waals surface area contributed by atoms with E-state index < -0.39 is 0 Å². The highest BCUT2D eigenvalue weighted by Gasteiger charge is 2.31. The Kier molecular flexibility index (Phi) is 3.41. The third-order valence-corrected chi connectivity index (χ3v) is 2.30. The van der Waals surface area contributed by atoms with Gasteiger partial charge in [0.2, 0.25) is 12.5 Å². The van der Waals surface area contributed by atoms with Crippen molar-refractivity contribution in [3.8, 4) is 0 Å². The molecule has 1 atom stereocenters. The standard InChI is InChI=1S/C10H12N2O2/c1-3-10(14)12-5-4-9(13)6-8(12)7-11-2/h3,8H,1,4-7H2. The molecule has 0 aromatic heterocycles. The monoisotopic (exact) mass is 192 g/mol. The molecule has 0 aliphatic carbocycles. The molecule has 74 valence electrons. The molecule has 14 heavy (non-hydrogen) atoms. The zero-order chi connectivity index (χ0) is 10.6. The first kappa shape index (κ1) is 10.5. The van der Waals surface area contributed by atoms with Crippen molar-refractivity contribution >= 4 is 11.7 Å². The minimum Gasteiger partial charge on any atom is -0.328 e. The number of nitrogens with zero attached hydrogens (tertiary/aromatic N) is 2. The summed E-state index contributed by atoms with van der Waals surface area (Å²) < 4.78 is 0. The minimum atomic E-state index is -0.251. The molecular weight excluding hydrogens is 180 g/mol. The third kappa shape index (κ3) is 2.19. The molecule has 0 N–H and O–H groups in total. The third-order valence-electron chi connectivity index (χ3n) is 2.30. The number of piperidine rings is 1. The summed E-state index contributed by atoms with van der Waals surface area (Å²) >= 11 is 0. The van der Waals surface area contributed by atoms with Crippen LogP contribution in [0.25, 0.3) is 4.85 Å². The predicted molar refractivity (Wildman–Crippen MR) is 51.4 cm³/mol. The summed E-state index contributed by atoms with van der Waals surface area (Å²) in [7, 11) is 0. The largest absolute Gasteiger partial charge is 0.328 e. The number of rotatable bonds is 2. The van der Waals surface area contributed by atoms with E-state index in [2.05, 4.69) is 11.4 Å². The summed E-state index contributed by atoms with van der Waals surface area (Å²) in [6, 6.07) is -0.251. The van der Waals surface area contributed by atoms with E-state index in [4.69, 9.17) is 6.57 Å². The molecule has 1 amide bonds. The zero-order valence-electron chi connectivity index (χ0n) is 7.90. The van der Waals surface area contributed by atoms with Gasteiger partial charge in [0.05, 0.1) is 0 Å². The summed E-state index contributed by atoms with van der Waals surface area (Å²) in [5.74, 6) is -0.0575. The van der Waals surface area contributed by atoms with Gasteiger partial charge in [-0.25, -0.2) is 6.57 Å². The average Bonchev–Trinajstić information content (AvgIpc) is 2.17. The Labute approximate surface area is 83.0 Å². The van der Waals surface area contributed by atoms with Gasteiger partial charge >= 0.3 is 0 Å². The summed E-state index contributed by atoms with van der Waals surface area (Å²) in [4.78, 5) is 27.3. The second-order valence-electron chi connectivity index (χ2n) is 3.22. The molecule has 0 radical (unpaired) electrons. The quantitative estimate of drug-likeness (QED) is 0.476. The molecule has 4 nitrogen and oxygen atoms in total. The van der Waals surface area contributed by atoms with Gasteiger partial charge in [-0.1, -0.05) is 6.58 Å². The highest BCUT2D eigenvalue weighted by molar-refractivity contribution is 5.90. The molecule has 0 bridgehead atoms. The fourth-order valence-corrected chi connectivity index (χ4v) is 1.58. The van der Waals surface area contributed by atoms with Crippen LogP contribution in [0, 0.1) is 6.57 Å². The van der Waals surface area contributed by atoms with Crippen LogP contribution >= 0.6 is 0 Å². The van der Waals surface area contributed by atoms with Crippen LogP contribution in [0.3, 0.4) is 0 Å². The molecule has 4 heteroatoms. The topological polar surface area (TPSA) is 41.7 Å². The van der Waals surface area contributed by atoms with E-state index in [-0.39, 0.29) is 24.3 Å². The first-order chi connectivity index (χ1) is 6.69. The molecule has 1 aliphatic rings. The van der Waals surface area contributed by atoms with Gasteiger partial charge < -0.3 is 9.74 Å². The number of Topliss-reactive ketones (excluding diaryl/α,β-unsaturated/α-hetero) is 1. The molecule has 1 unspecified atom stereocenters. The first-order valence-corrected chi connectivity index (χ1v) is 4.47. The molecule has 0 aromatic carbocycles. The van der Waals surface area contributed by atoms with Gasteiger partial charge in [-0.05, 0) is 6.08 Å². The van der Waals surface area contributed by atoms with Crippen LogP contribution in [0.5, 0.6) is 0 Å². The molecule has 0 spiro atoms. The number of carbonyl (C=O) groups is 2. The lowest BCUT2D eigenvalue weighted by atomic mass is 10.0. The molecule has 1 aliphatic heterocycles. The number of amides is 1. The van der Waals surface area contributed by atoms with Crippen LogP contribution in [-0.2, 0) is 9.59 Å². The van der Waals surface area contributed by atoms with Crippen molar-refractivity contribution in [2.45, 2.75) is 18.9 Å². The van der Waals surface area contributed by atoms with Crippen molar-refractivity contribution in [2.24, 2.45) is 0 Å². The molecule has 1 saturated heterocycles. The van der Waals surface area contributed by atoms with Crippen LogP contribution in [0.2, 0.25) is 0 Å². The van der Waals surface area contributed by atoms with Crippen molar-refractivity contribution < 1.29 is 9.59 Å². The van der Waals surface area contributed by atoms with E-state index in [0.717, 1.165) is 0 Å². The molecule has 1 fully saturated rings. The lowest BCUT2D eigenvalue weighted by Gasteiger charge is -2.31. The number of carbonyl (C=O) groups excluding carboxylic acids is 2. The highest BCUT2D eigenvalue weighted by Crippen LogP contribution is 2.15. The lowest BCUT2D eigenvalue weighted by molar-refractivity contribution is -0.133. The SMILES string of the molecule is [C-]#[N+]CC1CC(=O)CCN1C(=O)C=C. The van der Waals surface area contributed by atoms with Crippen molar-refractivity contribution in [1.82, 2.24) is 4.90 Å². The zero-order valence-corrected chi connectivity index (χ0v) is 7.90. The Bertz CT molecular complexity index is 304. The van der Waals surface area contributed by atoms with Gasteiger partial charge in [0.1, 0.15) is 11.8 Å². The fraction of sp³-hybridized carbons (Fsp3) is 0.500. The maximum atomic E-state index is 11.4. The smallest absolute Gasteiger partial charge is 0.246 e. The average molecular weight is 192 g/mol. The Morgan fingerprint density at radius 3 is 3.07 bits per heavy atom. The van der Waals surface area contributed by atoms with Crippen LogP contribution in [0.1, 0.15) is 12.8 Å². The highest BCUT2D eigenvalue weighted by atomic mass is 16.2. The number of hydrogen-bond donors (Lipinski definition) is 0. The molecule has 1 rings (SSSR count).